The number of aromatic nitrogens is 3. The highest BCUT2D eigenvalue weighted by atomic mass is 16.2. The number of carbonyl (C=O) groups is 1. The van der Waals surface area contributed by atoms with Crippen LogP contribution in [0, 0.1) is 0 Å². The van der Waals surface area contributed by atoms with E-state index in [-0.39, 0.29) is 11.9 Å². The average Bonchev–Trinajstić information content (AvgIpc) is 3.21. The Balaban J connectivity index is 1.73. The van der Waals surface area contributed by atoms with Crippen LogP contribution in [0.1, 0.15) is 34.9 Å². The third kappa shape index (κ3) is 2.29. The Morgan fingerprint density at radius 1 is 1.26 bits per heavy atom. The molecule has 5 nitrogen and oxygen atoms in total. The molecule has 3 heterocycles. The number of para-hydroxylation sites is 1. The van der Waals surface area contributed by atoms with E-state index in [0.29, 0.717) is 0 Å². The van der Waals surface area contributed by atoms with E-state index < -0.39 is 0 Å². The van der Waals surface area contributed by atoms with Crippen LogP contribution in [0.3, 0.4) is 0 Å². The van der Waals surface area contributed by atoms with E-state index in [9.17, 15) is 4.79 Å². The van der Waals surface area contributed by atoms with Gasteiger partial charge in [0.15, 0.2) is 0 Å². The second-order valence-electron chi connectivity index (χ2n) is 5.96. The van der Waals surface area contributed by atoms with Crippen LogP contribution in [0.15, 0.2) is 49.1 Å². The Labute approximate surface area is 134 Å². The van der Waals surface area contributed by atoms with Crippen molar-refractivity contribution in [3.8, 4) is 0 Å². The Morgan fingerprint density at radius 2 is 2.13 bits per heavy atom. The molecule has 0 aliphatic carbocycles. The zero-order valence-corrected chi connectivity index (χ0v) is 13.0. The fourth-order valence-electron chi connectivity index (χ4n) is 3.47. The Bertz CT molecular complexity index is 856. The minimum Gasteiger partial charge on any atom is -0.350 e. The first-order valence-corrected chi connectivity index (χ1v) is 7.86. The maximum absolute atomic E-state index is 13.1. The molecule has 0 saturated carbocycles. The molecule has 0 N–H and O–H groups in total. The molecule has 0 unspecified atom stereocenters. The van der Waals surface area contributed by atoms with Crippen molar-refractivity contribution in [2.24, 2.45) is 7.05 Å². The maximum Gasteiger partial charge on any atom is 0.256 e. The molecule has 23 heavy (non-hydrogen) atoms. The summed E-state index contributed by atoms with van der Waals surface area (Å²) in [6, 6.07) is 8.04. The monoisotopic (exact) mass is 306 g/mol. The SMILES string of the molecule is Cn1cc(C(=O)N2CCC[C@@H]2c2cnccn2)c2ccccc21. The standard InChI is InChI=1S/C18H18N4O/c1-21-12-14(13-5-2-3-6-16(13)21)18(23)22-10-4-7-17(22)15-11-19-8-9-20-15/h2-3,5-6,8-9,11-12,17H,4,7,10H2,1H3/t17-/m1/s1. The van der Waals surface area contributed by atoms with Crippen LogP contribution >= 0.6 is 0 Å². The molecule has 116 valence electrons. The second-order valence-corrected chi connectivity index (χ2v) is 5.96. The van der Waals surface area contributed by atoms with Gasteiger partial charge >= 0.3 is 0 Å². The molecule has 1 saturated heterocycles. The van der Waals surface area contributed by atoms with Gasteiger partial charge in [0.05, 0.1) is 23.5 Å². The van der Waals surface area contributed by atoms with Crippen molar-refractivity contribution in [2.45, 2.75) is 18.9 Å². The van der Waals surface area contributed by atoms with E-state index in [2.05, 4.69) is 9.97 Å². The molecule has 0 radical (unpaired) electrons. The molecule has 1 aliphatic rings. The minimum absolute atomic E-state index is 0.0233. The Kier molecular flexibility index (Phi) is 3.33. The number of fused-ring (bicyclic) bond motifs is 1. The fraction of sp³-hybridized carbons (Fsp3) is 0.278. The summed E-state index contributed by atoms with van der Waals surface area (Å²) in [5.41, 5.74) is 2.71. The lowest BCUT2D eigenvalue weighted by Crippen LogP contribution is -2.31. The lowest BCUT2D eigenvalue weighted by atomic mass is 10.1. The molecule has 4 rings (SSSR count). The number of hydrogen-bond acceptors (Lipinski definition) is 3. The van der Waals surface area contributed by atoms with Crippen molar-refractivity contribution < 1.29 is 4.79 Å². The van der Waals surface area contributed by atoms with Crippen LogP contribution in [0.4, 0.5) is 0 Å². The van der Waals surface area contributed by atoms with Gasteiger partial charge in [-0.05, 0) is 18.9 Å². The van der Waals surface area contributed by atoms with E-state index >= 15 is 0 Å². The highest BCUT2D eigenvalue weighted by Crippen LogP contribution is 2.33. The third-order valence-electron chi connectivity index (χ3n) is 4.57. The summed E-state index contributed by atoms with van der Waals surface area (Å²) in [5, 5.41) is 1.00. The molecule has 2 aromatic heterocycles. The molecule has 0 bridgehead atoms. The molecule has 1 fully saturated rings. The van der Waals surface area contributed by atoms with Gasteiger partial charge in [-0.3, -0.25) is 14.8 Å². The normalized spacial score (nSPS) is 17.8. The molecule has 3 aromatic rings. The Hall–Kier alpha value is -2.69. The van der Waals surface area contributed by atoms with E-state index in [1.54, 1.807) is 18.6 Å². The van der Waals surface area contributed by atoms with Gasteiger partial charge < -0.3 is 9.47 Å². The van der Waals surface area contributed by atoms with Crippen molar-refractivity contribution in [1.29, 1.82) is 0 Å². The number of likely N-dealkylation sites (tertiary alicyclic amines) is 1. The number of hydrogen-bond donors (Lipinski definition) is 0. The van der Waals surface area contributed by atoms with Gasteiger partial charge in [0, 0.05) is 43.1 Å². The number of rotatable bonds is 2. The van der Waals surface area contributed by atoms with Crippen LogP contribution in [0.2, 0.25) is 0 Å². The highest BCUT2D eigenvalue weighted by molar-refractivity contribution is 6.07. The predicted octanol–water partition coefficient (Wildman–Crippen LogP) is 2.95. The van der Waals surface area contributed by atoms with Crippen molar-refractivity contribution in [1.82, 2.24) is 19.4 Å². The van der Waals surface area contributed by atoms with Gasteiger partial charge in [-0.25, -0.2) is 0 Å². The van der Waals surface area contributed by atoms with Gasteiger partial charge in [0.1, 0.15) is 0 Å². The summed E-state index contributed by atoms with van der Waals surface area (Å²) in [5.74, 6) is 0.0787. The van der Waals surface area contributed by atoms with E-state index in [1.807, 2.05) is 47.0 Å². The van der Waals surface area contributed by atoms with Crippen molar-refractivity contribution in [3.63, 3.8) is 0 Å². The fourth-order valence-corrected chi connectivity index (χ4v) is 3.47. The van der Waals surface area contributed by atoms with E-state index in [1.165, 1.54) is 0 Å². The largest absolute Gasteiger partial charge is 0.350 e. The summed E-state index contributed by atoms with van der Waals surface area (Å²) in [4.78, 5) is 23.6. The lowest BCUT2D eigenvalue weighted by Gasteiger charge is -2.23. The first kappa shape index (κ1) is 13.9. The minimum atomic E-state index is 0.0233. The van der Waals surface area contributed by atoms with Crippen LogP contribution in [0.5, 0.6) is 0 Å². The summed E-state index contributed by atoms with van der Waals surface area (Å²) in [6.45, 7) is 0.767. The average molecular weight is 306 g/mol. The van der Waals surface area contributed by atoms with Crippen LogP contribution in [-0.2, 0) is 7.05 Å². The number of nitrogens with zero attached hydrogens (tertiary/aromatic N) is 4. The number of aryl methyl sites for hydroxylation is 1. The molecule has 1 aliphatic heterocycles. The second kappa shape index (κ2) is 5.50. The smallest absolute Gasteiger partial charge is 0.256 e. The number of amides is 1. The van der Waals surface area contributed by atoms with Crippen molar-refractivity contribution >= 4 is 16.8 Å². The van der Waals surface area contributed by atoms with Crippen molar-refractivity contribution in [2.75, 3.05) is 6.54 Å². The first-order valence-electron chi connectivity index (χ1n) is 7.86. The Morgan fingerprint density at radius 3 is 2.96 bits per heavy atom. The summed E-state index contributed by atoms with van der Waals surface area (Å²) in [7, 11) is 1.98. The van der Waals surface area contributed by atoms with Gasteiger partial charge in [0.2, 0.25) is 0 Å². The van der Waals surface area contributed by atoms with Crippen molar-refractivity contribution in [3.05, 3.63) is 60.3 Å². The van der Waals surface area contributed by atoms with Crippen LogP contribution in [-0.4, -0.2) is 31.9 Å². The molecule has 5 heteroatoms. The van der Waals surface area contributed by atoms with Crippen LogP contribution < -0.4 is 0 Å². The topological polar surface area (TPSA) is 51.0 Å². The van der Waals surface area contributed by atoms with E-state index in [0.717, 1.165) is 41.5 Å². The molecular formula is C18H18N4O. The van der Waals surface area contributed by atoms with Gasteiger partial charge in [-0.1, -0.05) is 18.2 Å². The number of carbonyl (C=O) groups excluding carboxylic acids is 1. The van der Waals surface area contributed by atoms with Gasteiger partial charge in [0.25, 0.3) is 5.91 Å². The van der Waals surface area contributed by atoms with E-state index in [4.69, 9.17) is 0 Å². The number of benzene rings is 1. The van der Waals surface area contributed by atoms with Gasteiger partial charge in [-0.15, -0.1) is 0 Å². The lowest BCUT2D eigenvalue weighted by molar-refractivity contribution is 0.0734. The summed E-state index contributed by atoms with van der Waals surface area (Å²) in [6.07, 6.45) is 8.98. The van der Waals surface area contributed by atoms with Gasteiger partial charge in [-0.2, -0.15) is 0 Å². The molecular weight excluding hydrogens is 288 g/mol. The molecule has 0 spiro atoms. The predicted molar refractivity (Wildman–Crippen MR) is 88.0 cm³/mol. The first-order chi connectivity index (χ1) is 11.3. The zero-order valence-electron chi connectivity index (χ0n) is 13.0. The maximum atomic E-state index is 13.1. The third-order valence-corrected chi connectivity index (χ3v) is 4.57. The molecule has 1 atom stereocenters. The molecule has 1 amide bonds. The molecule has 1 aromatic carbocycles. The summed E-state index contributed by atoms with van der Waals surface area (Å²) < 4.78 is 2.01. The summed E-state index contributed by atoms with van der Waals surface area (Å²) >= 11 is 0. The quantitative estimate of drug-likeness (QED) is 0.731. The highest BCUT2D eigenvalue weighted by Gasteiger charge is 2.32. The van der Waals surface area contributed by atoms with Crippen LogP contribution in [0.25, 0.3) is 10.9 Å². The zero-order chi connectivity index (χ0) is 15.8.